The Balaban J connectivity index is 2.54. The topological polar surface area (TPSA) is 55.5 Å². The van der Waals surface area contributed by atoms with E-state index in [2.05, 4.69) is 0 Å². The van der Waals surface area contributed by atoms with Crippen molar-refractivity contribution in [2.45, 2.75) is 18.3 Å². The van der Waals surface area contributed by atoms with Gasteiger partial charge in [0, 0.05) is 29.7 Å². The minimum atomic E-state index is -0.435. The van der Waals surface area contributed by atoms with Crippen LogP contribution in [0.2, 0.25) is 0 Å². The zero-order valence-corrected chi connectivity index (χ0v) is 8.59. The Bertz CT molecular complexity index is 388. The van der Waals surface area contributed by atoms with Crippen LogP contribution in [0.15, 0.2) is 12.1 Å². The van der Waals surface area contributed by atoms with Crippen molar-refractivity contribution in [3.05, 3.63) is 23.5 Å². The summed E-state index contributed by atoms with van der Waals surface area (Å²) in [7, 11) is 1.46. The molecule has 1 aliphatic carbocycles. The van der Waals surface area contributed by atoms with E-state index in [4.69, 9.17) is 10.5 Å². The zero-order chi connectivity index (χ0) is 11.1. The van der Waals surface area contributed by atoms with Gasteiger partial charge in [0.05, 0.1) is 7.11 Å². The average molecular weight is 211 g/mol. The molecular formula is C11H14FNO2. The fraction of sp³-hybridized carbons (Fsp3) is 0.455. The molecule has 0 atom stereocenters. The fourth-order valence-electron chi connectivity index (χ4n) is 1.95. The Kier molecular flexibility index (Phi) is 2.31. The molecule has 0 unspecified atom stereocenters. The first-order valence-corrected chi connectivity index (χ1v) is 4.90. The average Bonchev–Trinajstić information content (AvgIpc) is 2.97. The lowest BCUT2D eigenvalue weighted by molar-refractivity contribution is 0.388. The first kappa shape index (κ1) is 10.2. The van der Waals surface area contributed by atoms with E-state index in [9.17, 15) is 9.50 Å². The summed E-state index contributed by atoms with van der Waals surface area (Å²) in [5.74, 6) is -0.175. The number of nitrogens with two attached hydrogens (primary N) is 1. The number of halogens is 1. The molecular weight excluding hydrogens is 197 g/mol. The first-order valence-electron chi connectivity index (χ1n) is 4.90. The summed E-state index contributed by atoms with van der Waals surface area (Å²) in [5.41, 5.74) is 5.88. The van der Waals surface area contributed by atoms with Gasteiger partial charge in [0.1, 0.15) is 17.3 Å². The molecule has 3 N–H and O–H groups in total. The van der Waals surface area contributed by atoms with E-state index < -0.39 is 5.82 Å². The van der Waals surface area contributed by atoms with Crippen molar-refractivity contribution in [3.63, 3.8) is 0 Å². The second-order valence-electron chi connectivity index (χ2n) is 3.99. The highest BCUT2D eigenvalue weighted by Gasteiger charge is 2.47. The summed E-state index contributed by atoms with van der Waals surface area (Å²) < 4.78 is 18.8. The highest BCUT2D eigenvalue weighted by molar-refractivity contribution is 5.48. The van der Waals surface area contributed by atoms with Crippen LogP contribution in [0.3, 0.4) is 0 Å². The lowest BCUT2D eigenvalue weighted by Gasteiger charge is -2.17. The number of aromatic hydroxyl groups is 1. The number of phenolic OH excluding ortho intramolecular Hbond substituents is 1. The van der Waals surface area contributed by atoms with Crippen molar-refractivity contribution in [3.8, 4) is 11.5 Å². The number of hydrogen-bond donors (Lipinski definition) is 2. The Morgan fingerprint density at radius 3 is 2.67 bits per heavy atom. The van der Waals surface area contributed by atoms with Crippen molar-refractivity contribution < 1.29 is 14.2 Å². The quantitative estimate of drug-likeness (QED) is 0.797. The van der Waals surface area contributed by atoms with Crippen molar-refractivity contribution in [2.75, 3.05) is 13.7 Å². The predicted molar refractivity (Wildman–Crippen MR) is 54.6 cm³/mol. The Morgan fingerprint density at radius 2 is 2.20 bits per heavy atom. The molecule has 0 saturated heterocycles. The van der Waals surface area contributed by atoms with Gasteiger partial charge in [-0.3, -0.25) is 0 Å². The van der Waals surface area contributed by atoms with Gasteiger partial charge >= 0.3 is 0 Å². The maximum Gasteiger partial charge on any atom is 0.134 e. The second kappa shape index (κ2) is 3.38. The van der Waals surface area contributed by atoms with Gasteiger partial charge in [-0.05, 0) is 12.8 Å². The van der Waals surface area contributed by atoms with Crippen LogP contribution in [-0.2, 0) is 5.41 Å². The smallest absolute Gasteiger partial charge is 0.134 e. The van der Waals surface area contributed by atoms with Gasteiger partial charge in [-0.1, -0.05) is 0 Å². The number of methoxy groups -OCH3 is 1. The van der Waals surface area contributed by atoms with Crippen LogP contribution < -0.4 is 10.5 Å². The van der Waals surface area contributed by atoms with Crippen molar-refractivity contribution >= 4 is 0 Å². The SMILES string of the molecule is COc1cc(O)cc(F)c1C1(CN)CC1. The van der Waals surface area contributed by atoms with Crippen molar-refractivity contribution in [2.24, 2.45) is 5.73 Å². The minimum absolute atomic E-state index is 0.124. The monoisotopic (exact) mass is 211 g/mol. The molecule has 1 aromatic carbocycles. The maximum absolute atomic E-state index is 13.7. The number of benzene rings is 1. The van der Waals surface area contributed by atoms with E-state index >= 15 is 0 Å². The Hall–Kier alpha value is -1.29. The lowest BCUT2D eigenvalue weighted by atomic mass is 9.94. The van der Waals surface area contributed by atoms with Crippen molar-refractivity contribution in [1.29, 1.82) is 0 Å². The molecule has 0 bridgehead atoms. The molecule has 1 fully saturated rings. The first-order chi connectivity index (χ1) is 7.13. The molecule has 0 aliphatic heterocycles. The molecule has 3 nitrogen and oxygen atoms in total. The minimum Gasteiger partial charge on any atom is -0.508 e. The Morgan fingerprint density at radius 1 is 1.53 bits per heavy atom. The largest absolute Gasteiger partial charge is 0.508 e. The van der Waals surface area contributed by atoms with Gasteiger partial charge in [0.2, 0.25) is 0 Å². The number of phenols is 1. The van der Waals surface area contributed by atoms with Gasteiger partial charge < -0.3 is 15.6 Å². The van der Waals surface area contributed by atoms with E-state index in [0.717, 1.165) is 18.9 Å². The summed E-state index contributed by atoms with van der Waals surface area (Å²) in [6.07, 6.45) is 1.75. The van der Waals surface area contributed by atoms with Crippen LogP contribution in [0.25, 0.3) is 0 Å². The highest BCUT2D eigenvalue weighted by Crippen LogP contribution is 2.52. The van der Waals surface area contributed by atoms with Crippen molar-refractivity contribution in [1.82, 2.24) is 0 Å². The number of ether oxygens (including phenoxy) is 1. The molecule has 0 amide bonds. The van der Waals surface area contributed by atoms with Gasteiger partial charge in [0.15, 0.2) is 0 Å². The summed E-state index contributed by atoms with van der Waals surface area (Å²) in [5, 5.41) is 9.26. The van der Waals surface area contributed by atoms with E-state index in [1.807, 2.05) is 0 Å². The van der Waals surface area contributed by atoms with E-state index in [1.54, 1.807) is 0 Å². The maximum atomic E-state index is 13.7. The van der Waals surface area contributed by atoms with Gasteiger partial charge in [-0.15, -0.1) is 0 Å². The molecule has 0 heterocycles. The number of rotatable bonds is 3. The van der Waals surface area contributed by atoms with E-state index in [1.165, 1.54) is 13.2 Å². The zero-order valence-electron chi connectivity index (χ0n) is 8.59. The molecule has 1 saturated carbocycles. The lowest BCUT2D eigenvalue weighted by Crippen LogP contribution is -2.21. The standard InChI is InChI=1S/C11H14FNO2/c1-15-9-5-7(14)4-8(12)10(9)11(6-13)2-3-11/h4-5,14H,2-3,6,13H2,1H3. The highest BCUT2D eigenvalue weighted by atomic mass is 19.1. The molecule has 0 aromatic heterocycles. The molecule has 2 rings (SSSR count). The third-order valence-corrected chi connectivity index (χ3v) is 3.03. The van der Waals surface area contributed by atoms with Gasteiger partial charge in [0.25, 0.3) is 0 Å². The molecule has 1 aromatic rings. The summed E-state index contributed by atoms with van der Waals surface area (Å²) >= 11 is 0. The van der Waals surface area contributed by atoms with Crippen LogP contribution in [-0.4, -0.2) is 18.8 Å². The molecule has 1 aliphatic rings. The van der Waals surface area contributed by atoms with Crippen LogP contribution in [0.4, 0.5) is 4.39 Å². The summed E-state index contributed by atoms with van der Waals surface area (Å²) in [6, 6.07) is 2.53. The van der Waals surface area contributed by atoms with E-state index in [0.29, 0.717) is 17.9 Å². The second-order valence-corrected chi connectivity index (χ2v) is 3.99. The third-order valence-electron chi connectivity index (χ3n) is 3.03. The van der Waals surface area contributed by atoms with Gasteiger partial charge in [-0.25, -0.2) is 4.39 Å². The molecule has 0 radical (unpaired) electrons. The van der Waals surface area contributed by atoms with E-state index in [-0.39, 0.29) is 11.2 Å². The molecule has 15 heavy (non-hydrogen) atoms. The van der Waals surface area contributed by atoms with Crippen LogP contribution >= 0.6 is 0 Å². The van der Waals surface area contributed by atoms with Crippen LogP contribution in [0, 0.1) is 5.82 Å². The molecule has 82 valence electrons. The van der Waals surface area contributed by atoms with Crippen LogP contribution in [0.5, 0.6) is 11.5 Å². The van der Waals surface area contributed by atoms with Gasteiger partial charge in [-0.2, -0.15) is 0 Å². The Labute approximate surface area is 87.7 Å². The predicted octanol–water partition coefficient (Wildman–Crippen LogP) is 1.53. The molecule has 0 spiro atoms. The third kappa shape index (κ3) is 1.55. The summed E-state index contributed by atoms with van der Waals surface area (Å²) in [6.45, 7) is 0.408. The normalized spacial score (nSPS) is 17.5. The summed E-state index contributed by atoms with van der Waals surface area (Å²) in [4.78, 5) is 0. The van der Waals surface area contributed by atoms with Crippen LogP contribution in [0.1, 0.15) is 18.4 Å². The molecule has 4 heteroatoms. The fourth-order valence-corrected chi connectivity index (χ4v) is 1.95. The number of hydrogen-bond acceptors (Lipinski definition) is 3.